The molecule has 1 amide bonds. The van der Waals surface area contributed by atoms with Crippen LogP contribution in [0.5, 0.6) is 0 Å². The molecule has 30 heavy (non-hydrogen) atoms. The fourth-order valence-corrected chi connectivity index (χ4v) is 6.57. The van der Waals surface area contributed by atoms with Gasteiger partial charge in [0.2, 0.25) is 5.91 Å². The second-order valence-electron chi connectivity index (χ2n) is 7.38. The van der Waals surface area contributed by atoms with Crippen LogP contribution in [0.25, 0.3) is 0 Å². The Balaban J connectivity index is 1.28. The molecule has 1 aromatic carbocycles. The molecule has 156 valence electrons. The number of rotatable bonds is 7. The van der Waals surface area contributed by atoms with Crippen LogP contribution in [0.2, 0.25) is 0 Å². The summed E-state index contributed by atoms with van der Waals surface area (Å²) in [5.74, 6) is 1.84. The summed E-state index contributed by atoms with van der Waals surface area (Å²) in [6, 6.07) is 11.3. The lowest BCUT2D eigenvalue weighted by atomic mass is 10.2. The average Bonchev–Trinajstić information content (AvgIpc) is 3.13. The van der Waals surface area contributed by atoms with Gasteiger partial charge in [-0.25, -0.2) is 4.39 Å². The predicted molar refractivity (Wildman–Crippen MR) is 119 cm³/mol. The molecule has 0 radical (unpaired) electrons. The molecule has 1 aliphatic carbocycles. The number of carbonyl (C=O) groups excluding carboxylic acids is 1. The molecule has 1 saturated carbocycles. The summed E-state index contributed by atoms with van der Waals surface area (Å²) in [4.78, 5) is 16.0. The maximum absolute atomic E-state index is 14.3. The van der Waals surface area contributed by atoms with Gasteiger partial charge in [0.15, 0.2) is 5.16 Å². The topological polar surface area (TPSA) is 51.0 Å². The standard InChI is InChI=1S/C21H21FN4OS3/c22-17-6-2-1-5-16(17)20-25(9-11-29-20)19(27)13-30-21-24-23-18(26(21)14-7-8-14)12-15-4-3-10-28-15/h1-6,10,14,20H,7-9,11-13H2. The third kappa shape index (κ3) is 4.15. The van der Waals surface area contributed by atoms with Gasteiger partial charge in [-0.15, -0.1) is 33.3 Å². The van der Waals surface area contributed by atoms with Gasteiger partial charge in [0.25, 0.3) is 0 Å². The number of benzene rings is 1. The van der Waals surface area contributed by atoms with Gasteiger partial charge < -0.3 is 9.47 Å². The van der Waals surface area contributed by atoms with Gasteiger partial charge >= 0.3 is 0 Å². The zero-order chi connectivity index (χ0) is 20.5. The number of halogens is 1. The van der Waals surface area contributed by atoms with Gasteiger partial charge in [0, 0.05) is 35.2 Å². The lowest BCUT2D eigenvalue weighted by Gasteiger charge is -2.24. The van der Waals surface area contributed by atoms with Gasteiger partial charge in [-0.2, -0.15) is 0 Å². The van der Waals surface area contributed by atoms with E-state index >= 15 is 0 Å². The molecule has 2 fully saturated rings. The Kier molecular flexibility index (Phi) is 5.84. The lowest BCUT2D eigenvalue weighted by molar-refractivity contribution is -0.128. The molecule has 0 spiro atoms. The quantitative estimate of drug-likeness (QED) is 0.476. The Bertz CT molecular complexity index is 1030. The normalized spacial score (nSPS) is 18.8. The minimum Gasteiger partial charge on any atom is -0.325 e. The van der Waals surface area contributed by atoms with Gasteiger partial charge in [-0.05, 0) is 30.4 Å². The molecule has 5 nitrogen and oxygen atoms in total. The van der Waals surface area contributed by atoms with Crippen LogP contribution in [-0.2, 0) is 11.2 Å². The molecule has 5 rings (SSSR count). The Morgan fingerprint density at radius 3 is 2.83 bits per heavy atom. The van der Waals surface area contributed by atoms with E-state index in [4.69, 9.17) is 0 Å². The zero-order valence-electron chi connectivity index (χ0n) is 16.2. The number of amides is 1. The molecule has 0 bridgehead atoms. The smallest absolute Gasteiger partial charge is 0.234 e. The molecule has 0 N–H and O–H groups in total. The number of thioether (sulfide) groups is 2. The van der Waals surface area contributed by atoms with Gasteiger partial charge in [0.05, 0.1) is 5.75 Å². The Hall–Kier alpha value is -1.84. The summed E-state index contributed by atoms with van der Waals surface area (Å²) in [5, 5.41) is 11.4. The number of hydrogen-bond donors (Lipinski definition) is 0. The van der Waals surface area contributed by atoms with Crippen LogP contribution in [0.4, 0.5) is 4.39 Å². The predicted octanol–water partition coefficient (Wildman–Crippen LogP) is 4.77. The second-order valence-corrected chi connectivity index (χ2v) is 10.5. The van der Waals surface area contributed by atoms with Crippen molar-refractivity contribution in [1.82, 2.24) is 19.7 Å². The monoisotopic (exact) mass is 460 g/mol. The highest BCUT2D eigenvalue weighted by atomic mass is 32.2. The lowest BCUT2D eigenvalue weighted by Crippen LogP contribution is -2.32. The second kappa shape index (κ2) is 8.72. The molecule has 1 aliphatic heterocycles. The van der Waals surface area contributed by atoms with E-state index in [-0.39, 0.29) is 22.9 Å². The average molecular weight is 461 g/mol. The van der Waals surface area contributed by atoms with Gasteiger partial charge in [-0.1, -0.05) is 36.0 Å². The van der Waals surface area contributed by atoms with Crippen LogP contribution in [0, 0.1) is 5.82 Å². The van der Waals surface area contributed by atoms with Crippen molar-refractivity contribution < 1.29 is 9.18 Å². The molecule has 3 aromatic rings. The van der Waals surface area contributed by atoms with E-state index in [1.807, 2.05) is 12.1 Å². The van der Waals surface area contributed by atoms with Crippen molar-refractivity contribution in [3.05, 3.63) is 63.9 Å². The molecular weight excluding hydrogens is 439 g/mol. The fraction of sp³-hybridized carbons (Fsp3) is 0.381. The summed E-state index contributed by atoms with van der Waals surface area (Å²) >= 11 is 4.78. The molecule has 2 aliphatic rings. The highest BCUT2D eigenvalue weighted by Gasteiger charge is 2.33. The van der Waals surface area contributed by atoms with Gasteiger partial charge in [0.1, 0.15) is 17.0 Å². The van der Waals surface area contributed by atoms with Crippen LogP contribution in [0.15, 0.2) is 46.9 Å². The summed E-state index contributed by atoms with van der Waals surface area (Å²) in [5.41, 5.74) is 0.581. The first-order chi connectivity index (χ1) is 14.7. The first-order valence-electron chi connectivity index (χ1n) is 9.95. The maximum Gasteiger partial charge on any atom is 0.234 e. The molecule has 9 heteroatoms. The zero-order valence-corrected chi connectivity index (χ0v) is 18.7. The van der Waals surface area contributed by atoms with E-state index in [1.54, 1.807) is 40.1 Å². The van der Waals surface area contributed by atoms with Crippen LogP contribution < -0.4 is 0 Å². The Labute approximate surface area is 187 Å². The SMILES string of the molecule is O=C(CSc1nnc(Cc2cccs2)n1C1CC1)N1CCSC1c1ccccc1F. The first-order valence-corrected chi connectivity index (χ1v) is 12.9. The molecule has 1 unspecified atom stereocenters. The van der Waals surface area contributed by atoms with E-state index in [2.05, 4.69) is 26.2 Å². The van der Waals surface area contributed by atoms with Crippen LogP contribution in [-0.4, -0.2) is 43.6 Å². The molecule has 1 atom stereocenters. The number of carbonyl (C=O) groups is 1. The number of hydrogen-bond acceptors (Lipinski definition) is 6. The largest absolute Gasteiger partial charge is 0.325 e. The van der Waals surface area contributed by atoms with Crippen molar-refractivity contribution in [2.24, 2.45) is 0 Å². The van der Waals surface area contributed by atoms with Crippen LogP contribution >= 0.6 is 34.9 Å². The van der Waals surface area contributed by atoms with Crippen molar-refractivity contribution in [1.29, 1.82) is 0 Å². The van der Waals surface area contributed by atoms with Crippen molar-refractivity contribution >= 4 is 40.8 Å². The Morgan fingerprint density at radius 2 is 2.07 bits per heavy atom. The number of thiophene rings is 1. The van der Waals surface area contributed by atoms with Gasteiger partial charge in [-0.3, -0.25) is 4.79 Å². The van der Waals surface area contributed by atoms with Crippen molar-refractivity contribution in [3.8, 4) is 0 Å². The van der Waals surface area contributed by atoms with Crippen molar-refractivity contribution in [2.75, 3.05) is 18.1 Å². The molecular formula is C21H21FN4OS3. The van der Waals surface area contributed by atoms with E-state index in [0.29, 0.717) is 18.2 Å². The minimum absolute atomic E-state index is 0.0170. The van der Waals surface area contributed by atoms with E-state index in [1.165, 1.54) is 22.7 Å². The van der Waals surface area contributed by atoms with E-state index in [9.17, 15) is 9.18 Å². The van der Waals surface area contributed by atoms with Crippen molar-refractivity contribution in [3.63, 3.8) is 0 Å². The minimum atomic E-state index is -0.256. The summed E-state index contributed by atoms with van der Waals surface area (Å²) in [6.45, 7) is 0.641. The molecule has 2 aromatic heterocycles. The fourth-order valence-electron chi connectivity index (χ4n) is 3.66. The maximum atomic E-state index is 14.3. The van der Waals surface area contributed by atoms with E-state index < -0.39 is 0 Å². The third-order valence-corrected chi connectivity index (χ3v) is 8.31. The van der Waals surface area contributed by atoms with E-state index in [0.717, 1.165) is 36.0 Å². The summed E-state index contributed by atoms with van der Waals surface area (Å²) in [6.07, 6.45) is 3.04. The number of aromatic nitrogens is 3. The Morgan fingerprint density at radius 1 is 1.20 bits per heavy atom. The van der Waals surface area contributed by atoms with Crippen LogP contribution in [0.1, 0.15) is 40.5 Å². The first kappa shape index (κ1) is 20.1. The number of nitrogens with zero attached hydrogens (tertiary/aromatic N) is 4. The summed E-state index contributed by atoms with van der Waals surface area (Å²) < 4.78 is 16.5. The molecule has 3 heterocycles. The molecule has 1 saturated heterocycles. The third-order valence-electron chi connectivity index (χ3n) is 5.27. The summed E-state index contributed by atoms with van der Waals surface area (Å²) in [7, 11) is 0. The van der Waals surface area contributed by atoms with Crippen LogP contribution in [0.3, 0.4) is 0 Å². The highest BCUT2D eigenvalue weighted by Crippen LogP contribution is 2.41. The van der Waals surface area contributed by atoms with Crippen molar-refractivity contribution in [2.45, 2.75) is 35.8 Å². The highest BCUT2D eigenvalue weighted by molar-refractivity contribution is 8.00.